The van der Waals surface area contributed by atoms with E-state index in [-0.39, 0.29) is 5.75 Å². The molecule has 0 aliphatic carbocycles. The Kier molecular flexibility index (Phi) is 2.68. The maximum absolute atomic E-state index is 9.12. The fourth-order valence-electron chi connectivity index (χ4n) is 1.47. The minimum Gasteiger partial charge on any atom is -0.506 e. The molecule has 1 heterocycles. The highest BCUT2D eigenvalue weighted by atomic mass is 16.3. The molecule has 76 valence electrons. The molecule has 0 atom stereocenters. The summed E-state index contributed by atoms with van der Waals surface area (Å²) < 4.78 is 0. The lowest BCUT2D eigenvalue weighted by atomic mass is 10.1. The van der Waals surface area contributed by atoms with Gasteiger partial charge in [0.2, 0.25) is 0 Å². The van der Waals surface area contributed by atoms with Crippen LogP contribution < -0.4 is 0 Å². The first kappa shape index (κ1) is 9.71. The minimum absolute atomic E-state index is 0.198. The largest absolute Gasteiger partial charge is 0.506 e. The van der Waals surface area contributed by atoms with Crippen LogP contribution in [-0.2, 0) is 6.42 Å². The normalized spacial score (nSPS) is 10.2. The molecular formula is C13H13NO. The summed E-state index contributed by atoms with van der Waals surface area (Å²) in [5.74, 6) is 0.198. The van der Waals surface area contributed by atoms with Gasteiger partial charge in [-0.25, -0.2) is 0 Å². The Balaban J connectivity index is 2.33. The van der Waals surface area contributed by atoms with E-state index >= 15 is 0 Å². The van der Waals surface area contributed by atoms with Crippen molar-refractivity contribution in [2.24, 2.45) is 0 Å². The van der Waals surface area contributed by atoms with Crippen molar-refractivity contribution in [2.75, 3.05) is 0 Å². The van der Waals surface area contributed by atoms with Gasteiger partial charge in [-0.2, -0.15) is 0 Å². The van der Waals surface area contributed by atoms with Crippen molar-refractivity contribution >= 4 is 0 Å². The summed E-state index contributed by atoms with van der Waals surface area (Å²) >= 11 is 0. The zero-order valence-electron chi connectivity index (χ0n) is 8.64. The molecule has 2 aromatic rings. The van der Waals surface area contributed by atoms with Gasteiger partial charge < -0.3 is 5.11 Å². The highest BCUT2D eigenvalue weighted by Crippen LogP contribution is 2.19. The van der Waals surface area contributed by atoms with Crippen molar-refractivity contribution in [1.82, 2.24) is 4.98 Å². The predicted molar refractivity (Wildman–Crippen MR) is 60.7 cm³/mol. The summed E-state index contributed by atoms with van der Waals surface area (Å²) in [4.78, 5) is 4.15. The van der Waals surface area contributed by atoms with Gasteiger partial charge in [-0.1, -0.05) is 31.2 Å². The number of hydrogen-bond acceptors (Lipinski definition) is 2. The standard InChI is InChI=1S/C13H13NO/c1-2-10-3-5-11(6-4-10)13-8-7-12(15)9-14-13/h3-9,15H,2H2,1H3. The van der Waals surface area contributed by atoms with Gasteiger partial charge in [-0.15, -0.1) is 0 Å². The fourth-order valence-corrected chi connectivity index (χ4v) is 1.47. The van der Waals surface area contributed by atoms with Crippen molar-refractivity contribution < 1.29 is 5.11 Å². The van der Waals surface area contributed by atoms with Crippen LogP contribution in [0.1, 0.15) is 12.5 Å². The van der Waals surface area contributed by atoms with E-state index in [9.17, 15) is 0 Å². The van der Waals surface area contributed by atoms with Crippen molar-refractivity contribution in [3.8, 4) is 17.0 Å². The van der Waals surface area contributed by atoms with Crippen LogP contribution >= 0.6 is 0 Å². The molecule has 0 spiro atoms. The van der Waals surface area contributed by atoms with E-state index in [0.717, 1.165) is 17.7 Å². The Bertz CT molecular complexity index is 431. The number of benzene rings is 1. The Morgan fingerprint density at radius 1 is 1.07 bits per heavy atom. The van der Waals surface area contributed by atoms with Crippen molar-refractivity contribution in [3.05, 3.63) is 48.2 Å². The van der Waals surface area contributed by atoms with Gasteiger partial charge in [0.1, 0.15) is 5.75 Å². The second-order valence-electron chi connectivity index (χ2n) is 3.45. The summed E-state index contributed by atoms with van der Waals surface area (Å²) in [5.41, 5.74) is 3.28. The van der Waals surface area contributed by atoms with E-state index in [1.165, 1.54) is 11.8 Å². The average molecular weight is 199 g/mol. The Labute approximate surface area is 89.2 Å². The molecule has 1 aromatic heterocycles. The van der Waals surface area contributed by atoms with Gasteiger partial charge in [0.05, 0.1) is 11.9 Å². The lowest BCUT2D eigenvalue weighted by Crippen LogP contribution is -1.84. The Morgan fingerprint density at radius 3 is 2.33 bits per heavy atom. The summed E-state index contributed by atoms with van der Waals surface area (Å²) in [6.07, 6.45) is 2.51. The first-order chi connectivity index (χ1) is 7.29. The number of aromatic hydroxyl groups is 1. The Hall–Kier alpha value is -1.83. The van der Waals surface area contributed by atoms with Gasteiger partial charge in [-0.05, 0) is 24.1 Å². The van der Waals surface area contributed by atoms with Crippen LogP contribution in [0.2, 0.25) is 0 Å². The lowest BCUT2D eigenvalue weighted by molar-refractivity contribution is 0.473. The molecular weight excluding hydrogens is 186 g/mol. The number of aromatic nitrogens is 1. The number of aryl methyl sites for hydroxylation is 1. The lowest BCUT2D eigenvalue weighted by Gasteiger charge is -2.02. The van der Waals surface area contributed by atoms with Gasteiger partial charge in [0.15, 0.2) is 0 Å². The molecule has 0 aliphatic rings. The SMILES string of the molecule is CCc1ccc(-c2ccc(O)cn2)cc1. The van der Waals surface area contributed by atoms with Crippen LogP contribution in [0.15, 0.2) is 42.6 Å². The van der Waals surface area contributed by atoms with Gasteiger partial charge >= 0.3 is 0 Å². The molecule has 0 radical (unpaired) electrons. The van der Waals surface area contributed by atoms with E-state index in [1.54, 1.807) is 6.07 Å². The molecule has 2 nitrogen and oxygen atoms in total. The summed E-state index contributed by atoms with van der Waals surface area (Å²) in [5, 5.41) is 9.12. The number of nitrogens with zero attached hydrogens (tertiary/aromatic N) is 1. The second kappa shape index (κ2) is 4.13. The number of rotatable bonds is 2. The summed E-state index contributed by atoms with van der Waals surface area (Å²) in [6, 6.07) is 11.8. The average Bonchev–Trinajstić information content (AvgIpc) is 2.30. The Morgan fingerprint density at radius 2 is 1.80 bits per heavy atom. The molecule has 0 saturated heterocycles. The molecule has 0 unspecified atom stereocenters. The molecule has 0 amide bonds. The molecule has 1 aromatic carbocycles. The predicted octanol–water partition coefficient (Wildman–Crippen LogP) is 3.02. The van der Waals surface area contributed by atoms with Crippen molar-refractivity contribution in [3.63, 3.8) is 0 Å². The van der Waals surface area contributed by atoms with Crippen LogP contribution in [0.4, 0.5) is 0 Å². The van der Waals surface area contributed by atoms with Gasteiger partial charge in [0.25, 0.3) is 0 Å². The topological polar surface area (TPSA) is 33.1 Å². The van der Waals surface area contributed by atoms with Gasteiger partial charge in [0, 0.05) is 5.56 Å². The molecule has 0 saturated carbocycles. The van der Waals surface area contributed by atoms with E-state index in [4.69, 9.17) is 5.11 Å². The molecule has 2 rings (SSSR count). The number of pyridine rings is 1. The zero-order valence-corrected chi connectivity index (χ0v) is 8.64. The fraction of sp³-hybridized carbons (Fsp3) is 0.154. The molecule has 1 N–H and O–H groups in total. The minimum atomic E-state index is 0.198. The molecule has 2 heteroatoms. The van der Waals surface area contributed by atoms with E-state index in [0.29, 0.717) is 0 Å². The van der Waals surface area contributed by atoms with Gasteiger partial charge in [-0.3, -0.25) is 4.98 Å². The van der Waals surface area contributed by atoms with Crippen molar-refractivity contribution in [2.45, 2.75) is 13.3 Å². The maximum Gasteiger partial charge on any atom is 0.133 e. The van der Waals surface area contributed by atoms with Crippen LogP contribution in [0, 0.1) is 0 Å². The first-order valence-corrected chi connectivity index (χ1v) is 5.04. The molecule has 0 aliphatic heterocycles. The quantitative estimate of drug-likeness (QED) is 0.806. The summed E-state index contributed by atoms with van der Waals surface area (Å²) in [7, 11) is 0. The van der Waals surface area contributed by atoms with Crippen LogP contribution in [-0.4, -0.2) is 10.1 Å². The molecule has 0 fully saturated rings. The van der Waals surface area contributed by atoms with Crippen LogP contribution in [0.3, 0.4) is 0 Å². The third-order valence-corrected chi connectivity index (χ3v) is 2.41. The monoisotopic (exact) mass is 199 g/mol. The number of hydrogen-bond donors (Lipinski definition) is 1. The third-order valence-electron chi connectivity index (χ3n) is 2.41. The van der Waals surface area contributed by atoms with E-state index in [1.807, 2.05) is 6.07 Å². The molecule has 15 heavy (non-hydrogen) atoms. The van der Waals surface area contributed by atoms with E-state index in [2.05, 4.69) is 36.2 Å². The second-order valence-corrected chi connectivity index (χ2v) is 3.45. The molecule has 0 bridgehead atoms. The van der Waals surface area contributed by atoms with E-state index < -0.39 is 0 Å². The smallest absolute Gasteiger partial charge is 0.133 e. The first-order valence-electron chi connectivity index (χ1n) is 5.04. The maximum atomic E-state index is 9.12. The third kappa shape index (κ3) is 2.15. The van der Waals surface area contributed by atoms with Crippen LogP contribution in [0.5, 0.6) is 5.75 Å². The highest BCUT2D eigenvalue weighted by Gasteiger charge is 1.98. The highest BCUT2D eigenvalue weighted by molar-refractivity contribution is 5.59. The van der Waals surface area contributed by atoms with Crippen molar-refractivity contribution in [1.29, 1.82) is 0 Å². The summed E-state index contributed by atoms with van der Waals surface area (Å²) in [6.45, 7) is 2.13. The zero-order chi connectivity index (χ0) is 10.7. The van der Waals surface area contributed by atoms with Crippen LogP contribution in [0.25, 0.3) is 11.3 Å².